The third kappa shape index (κ3) is 6.83. The van der Waals surface area contributed by atoms with Gasteiger partial charge in [0.1, 0.15) is 12.7 Å². The van der Waals surface area contributed by atoms with Gasteiger partial charge >= 0.3 is 6.61 Å². The molecule has 13 heteroatoms. The van der Waals surface area contributed by atoms with Crippen LogP contribution in [0.5, 0.6) is 11.5 Å². The van der Waals surface area contributed by atoms with Crippen LogP contribution in [0.2, 0.25) is 0 Å². The zero-order valence-corrected chi connectivity index (χ0v) is 20.4. The molecule has 1 aromatic carbocycles. The summed E-state index contributed by atoms with van der Waals surface area (Å²) >= 11 is 0. The maximum atomic E-state index is 13.3. The Kier molecular flexibility index (Phi) is 9.46. The molecule has 198 valence electrons. The smallest absolute Gasteiger partial charge is 0.387 e. The molecule has 2 aromatic rings. The molecule has 4 rings (SSSR count). The summed E-state index contributed by atoms with van der Waals surface area (Å²) in [6.07, 6.45) is 1.59. The number of rotatable bonds is 11. The Hall–Kier alpha value is -2.96. The number of carbonyl (C=O) groups excluding carboxylic acids is 2. The molecule has 36 heavy (non-hydrogen) atoms. The molecule has 0 spiro atoms. The summed E-state index contributed by atoms with van der Waals surface area (Å²) in [6.45, 7) is 0.164. The lowest BCUT2D eigenvalue weighted by Gasteiger charge is -2.32. The van der Waals surface area contributed by atoms with Crippen molar-refractivity contribution >= 4 is 24.8 Å². The van der Waals surface area contributed by atoms with Crippen molar-refractivity contribution in [1.82, 2.24) is 9.88 Å². The summed E-state index contributed by atoms with van der Waals surface area (Å²) in [5.74, 6) is 0.295. The lowest BCUT2D eigenvalue weighted by Crippen LogP contribution is -2.47. The second-order valence-corrected chi connectivity index (χ2v) is 8.49. The molecule has 2 fully saturated rings. The van der Waals surface area contributed by atoms with Gasteiger partial charge in [-0.1, -0.05) is 0 Å². The van der Waals surface area contributed by atoms with Crippen molar-refractivity contribution in [3.63, 3.8) is 0 Å². The highest BCUT2D eigenvalue weighted by Gasteiger charge is 2.31. The van der Waals surface area contributed by atoms with Crippen molar-refractivity contribution < 1.29 is 41.7 Å². The van der Waals surface area contributed by atoms with E-state index in [4.69, 9.17) is 24.4 Å². The van der Waals surface area contributed by atoms with Gasteiger partial charge < -0.3 is 34.0 Å². The van der Waals surface area contributed by atoms with Crippen LogP contribution in [0.3, 0.4) is 0 Å². The van der Waals surface area contributed by atoms with Gasteiger partial charge in [0, 0.05) is 12.1 Å². The number of alkyl halides is 2. The van der Waals surface area contributed by atoms with Crippen LogP contribution in [0, 0.1) is 5.92 Å². The Balaban J connectivity index is 0.00000361. The summed E-state index contributed by atoms with van der Waals surface area (Å²) in [5, 5.41) is 0. The number of aromatic nitrogens is 1. The topological polar surface area (TPSA) is 126 Å². The number of carbonyl (C=O) groups is 2. The molecule has 2 N–H and O–H groups in total. The van der Waals surface area contributed by atoms with Crippen LogP contribution in [0.15, 0.2) is 22.6 Å². The first kappa shape index (κ1) is 27.6. The minimum Gasteiger partial charge on any atom is -0.489 e. The number of benzene rings is 1. The van der Waals surface area contributed by atoms with Crippen LogP contribution in [-0.2, 0) is 14.3 Å². The summed E-state index contributed by atoms with van der Waals surface area (Å²) < 4.78 is 52.1. The maximum absolute atomic E-state index is 13.3. The van der Waals surface area contributed by atoms with E-state index < -0.39 is 24.7 Å². The van der Waals surface area contributed by atoms with E-state index in [2.05, 4.69) is 9.72 Å². The number of hydrogen-bond acceptors (Lipinski definition) is 9. The molecular weight excluding hydrogens is 504 g/mol. The predicted octanol–water partition coefficient (Wildman–Crippen LogP) is 3.19. The van der Waals surface area contributed by atoms with E-state index in [0.717, 1.165) is 12.8 Å². The number of morpholine rings is 1. The fraction of sp³-hybridized carbons (Fsp3) is 0.522. The molecule has 2 atom stereocenters. The fourth-order valence-electron chi connectivity index (χ4n) is 3.66. The number of nitrogens with two attached hydrogens (primary N) is 1. The quantitative estimate of drug-likeness (QED) is 0.435. The van der Waals surface area contributed by atoms with Gasteiger partial charge in [0.2, 0.25) is 5.89 Å². The molecule has 1 saturated carbocycles. The number of ether oxygens (including phenoxy) is 4. The Morgan fingerprint density at radius 2 is 2.08 bits per heavy atom. The molecule has 1 aliphatic carbocycles. The Morgan fingerprint density at radius 1 is 1.31 bits per heavy atom. The van der Waals surface area contributed by atoms with Gasteiger partial charge in [-0.3, -0.25) is 9.59 Å². The second kappa shape index (κ2) is 12.3. The maximum Gasteiger partial charge on any atom is 0.387 e. The third-order valence-electron chi connectivity index (χ3n) is 5.62. The number of oxazole rings is 1. The van der Waals surface area contributed by atoms with E-state index in [9.17, 15) is 18.4 Å². The van der Waals surface area contributed by atoms with Crippen molar-refractivity contribution in [2.45, 2.75) is 38.5 Å². The lowest BCUT2D eigenvalue weighted by molar-refractivity contribution is -0.135. The molecule has 2 heterocycles. The monoisotopic (exact) mass is 531 g/mol. The van der Waals surface area contributed by atoms with Crippen molar-refractivity contribution in [3.05, 3.63) is 29.7 Å². The molecule has 1 unspecified atom stereocenters. The summed E-state index contributed by atoms with van der Waals surface area (Å²) in [7, 11) is 0. The van der Waals surface area contributed by atoms with E-state index in [1.165, 1.54) is 23.1 Å². The van der Waals surface area contributed by atoms with Crippen LogP contribution >= 0.6 is 12.4 Å². The highest BCUT2D eigenvalue weighted by molar-refractivity contribution is 5.94. The van der Waals surface area contributed by atoms with Crippen molar-refractivity contribution in [3.8, 4) is 23.0 Å². The van der Waals surface area contributed by atoms with E-state index in [0.29, 0.717) is 31.1 Å². The van der Waals surface area contributed by atoms with Crippen LogP contribution in [0.1, 0.15) is 42.1 Å². The summed E-state index contributed by atoms with van der Waals surface area (Å²) in [6, 6.07) is 3.69. The highest BCUT2D eigenvalue weighted by atomic mass is 35.5. The first-order valence-electron chi connectivity index (χ1n) is 11.3. The van der Waals surface area contributed by atoms with Gasteiger partial charge in [-0.2, -0.15) is 8.78 Å². The molecule has 0 radical (unpaired) electrons. The minimum atomic E-state index is -3.01. The molecule has 1 saturated heterocycles. The second-order valence-electron chi connectivity index (χ2n) is 8.49. The van der Waals surface area contributed by atoms with E-state index in [1.54, 1.807) is 6.92 Å². The van der Waals surface area contributed by atoms with E-state index >= 15 is 0 Å². The standard InChI is InChI=1S/C23H27F2N3O7.ClH/c1-13(26)20-19(22(30)28-6-7-32-16(9-28)11-31-12-29)27-21(35-20)15-4-5-17(34-23(24)25)18(8-15)33-10-14-2-3-14;/h4-5,8,12-14,16,23H,2-3,6-7,9-11,26H2,1H3;1H/t13-,16?;/m0./s1. The average Bonchev–Trinajstić information content (AvgIpc) is 3.56. The van der Waals surface area contributed by atoms with Gasteiger partial charge in [-0.25, -0.2) is 4.98 Å². The minimum absolute atomic E-state index is 0. The molecule has 1 aliphatic heterocycles. The molecule has 2 aliphatic rings. The van der Waals surface area contributed by atoms with Crippen LogP contribution in [0.25, 0.3) is 11.5 Å². The van der Waals surface area contributed by atoms with Crippen LogP contribution < -0.4 is 15.2 Å². The van der Waals surface area contributed by atoms with E-state index in [1.807, 2.05) is 0 Å². The lowest BCUT2D eigenvalue weighted by atomic mass is 10.2. The Bertz CT molecular complexity index is 1050. The first-order chi connectivity index (χ1) is 16.9. The number of hydrogen-bond donors (Lipinski definition) is 1. The zero-order valence-electron chi connectivity index (χ0n) is 19.6. The van der Waals surface area contributed by atoms with Gasteiger partial charge in [0.05, 0.1) is 25.8 Å². The SMILES string of the molecule is C[C@H](N)c1oc(-c2ccc(OC(F)F)c(OCC3CC3)c2)nc1C(=O)N1CCOC(COC=O)C1.Cl. The Labute approximate surface area is 212 Å². The predicted molar refractivity (Wildman–Crippen MR) is 124 cm³/mol. The molecule has 0 bridgehead atoms. The number of nitrogens with zero attached hydrogens (tertiary/aromatic N) is 2. The highest BCUT2D eigenvalue weighted by Crippen LogP contribution is 2.37. The first-order valence-corrected chi connectivity index (χ1v) is 11.3. The van der Waals surface area contributed by atoms with Crippen molar-refractivity contribution in [2.75, 3.05) is 32.9 Å². The molecule has 10 nitrogen and oxygen atoms in total. The van der Waals surface area contributed by atoms with Crippen LogP contribution in [0.4, 0.5) is 8.78 Å². The van der Waals surface area contributed by atoms with Gasteiger partial charge in [0.25, 0.3) is 12.4 Å². The largest absolute Gasteiger partial charge is 0.489 e. The van der Waals surface area contributed by atoms with Crippen molar-refractivity contribution in [2.24, 2.45) is 11.7 Å². The van der Waals surface area contributed by atoms with Gasteiger partial charge in [0.15, 0.2) is 23.0 Å². The summed E-state index contributed by atoms with van der Waals surface area (Å²) in [5.41, 5.74) is 6.50. The number of amides is 1. The zero-order chi connectivity index (χ0) is 24.9. The normalized spacial score (nSPS) is 18.4. The summed E-state index contributed by atoms with van der Waals surface area (Å²) in [4.78, 5) is 29.7. The molecule has 1 amide bonds. The molecular formula is C23H28ClF2N3O7. The Morgan fingerprint density at radius 3 is 2.75 bits per heavy atom. The van der Waals surface area contributed by atoms with Crippen molar-refractivity contribution in [1.29, 1.82) is 0 Å². The van der Waals surface area contributed by atoms with Gasteiger partial charge in [-0.05, 0) is 43.9 Å². The number of halogens is 3. The fourth-order valence-corrected chi connectivity index (χ4v) is 3.66. The molecule has 1 aromatic heterocycles. The van der Waals surface area contributed by atoms with E-state index in [-0.39, 0.29) is 61.0 Å². The third-order valence-corrected chi connectivity index (χ3v) is 5.62. The average molecular weight is 532 g/mol. The van der Waals surface area contributed by atoms with Crippen LogP contribution in [-0.4, -0.2) is 67.9 Å². The van der Waals surface area contributed by atoms with Gasteiger partial charge in [-0.15, -0.1) is 12.4 Å².